The van der Waals surface area contributed by atoms with Crippen LogP contribution < -0.4 is 5.32 Å². The molecule has 38 heavy (non-hydrogen) atoms. The van der Waals surface area contributed by atoms with E-state index in [4.69, 9.17) is 4.74 Å². The van der Waals surface area contributed by atoms with Gasteiger partial charge in [0.25, 0.3) is 5.91 Å². The van der Waals surface area contributed by atoms with Crippen molar-refractivity contribution >= 4 is 22.6 Å². The van der Waals surface area contributed by atoms with Crippen LogP contribution >= 0.6 is 0 Å². The Hall–Kier alpha value is -4.47. The minimum Gasteiger partial charge on any atom is -0.379 e. The van der Waals surface area contributed by atoms with Gasteiger partial charge >= 0.3 is 0 Å². The van der Waals surface area contributed by atoms with Crippen LogP contribution in [0, 0.1) is 6.92 Å². The molecule has 1 amide bonds. The van der Waals surface area contributed by atoms with Crippen LogP contribution in [0.15, 0.2) is 79.1 Å². The van der Waals surface area contributed by atoms with Crippen molar-refractivity contribution < 1.29 is 9.53 Å². The molecule has 2 aromatic carbocycles. The average molecular weight is 506 g/mol. The van der Waals surface area contributed by atoms with Crippen molar-refractivity contribution in [3.05, 3.63) is 96.1 Å². The molecule has 1 saturated heterocycles. The molecule has 4 heterocycles. The van der Waals surface area contributed by atoms with Gasteiger partial charge in [0.2, 0.25) is 0 Å². The quantitative estimate of drug-likeness (QED) is 0.368. The van der Waals surface area contributed by atoms with Crippen molar-refractivity contribution in [3.8, 4) is 17.1 Å². The van der Waals surface area contributed by atoms with Crippen molar-refractivity contribution in [2.45, 2.75) is 13.5 Å². The van der Waals surface area contributed by atoms with Crippen molar-refractivity contribution in [2.24, 2.45) is 0 Å². The molecule has 9 nitrogen and oxygen atoms in total. The normalized spacial score (nSPS) is 14.0. The van der Waals surface area contributed by atoms with Gasteiger partial charge in [0.15, 0.2) is 11.5 Å². The van der Waals surface area contributed by atoms with Gasteiger partial charge in [-0.1, -0.05) is 24.3 Å². The van der Waals surface area contributed by atoms with Gasteiger partial charge in [0, 0.05) is 49.0 Å². The number of hydrogen-bond donors (Lipinski definition) is 1. The third-order valence-corrected chi connectivity index (χ3v) is 6.52. The maximum atomic E-state index is 13.3. The Balaban J connectivity index is 1.28. The summed E-state index contributed by atoms with van der Waals surface area (Å²) in [7, 11) is 0. The van der Waals surface area contributed by atoms with Gasteiger partial charge in [-0.2, -0.15) is 5.10 Å². The smallest absolute Gasteiger partial charge is 0.276 e. The Labute approximate surface area is 220 Å². The number of fused-ring (bicyclic) bond motifs is 1. The minimum absolute atomic E-state index is 0.292. The molecule has 0 bridgehead atoms. The second-order valence-corrected chi connectivity index (χ2v) is 9.26. The fraction of sp³-hybridized carbons (Fsp3) is 0.207. The maximum absolute atomic E-state index is 13.3. The number of ether oxygens (including phenoxy) is 1. The zero-order valence-corrected chi connectivity index (χ0v) is 21.0. The standard InChI is InChI=1S/C29H27N7O2/c1-20-3-2-4-28(32-20)36-27(22-7-10-24-25(17-22)31-12-11-30-24)18-26(34-36)29(37)33-23-8-5-21(6-9-23)19-35-13-15-38-16-14-35/h2-12,17-18H,13-16,19H2,1H3,(H,33,37). The molecule has 0 atom stereocenters. The third-order valence-electron chi connectivity index (χ3n) is 6.52. The summed E-state index contributed by atoms with van der Waals surface area (Å²) in [4.78, 5) is 29.1. The number of pyridine rings is 1. The summed E-state index contributed by atoms with van der Waals surface area (Å²) < 4.78 is 7.13. The number of amides is 1. The lowest BCUT2D eigenvalue weighted by molar-refractivity contribution is 0.0342. The number of carbonyl (C=O) groups is 1. The predicted octanol–water partition coefficient (Wildman–Crippen LogP) is 4.27. The van der Waals surface area contributed by atoms with Crippen LogP contribution in [0.5, 0.6) is 0 Å². The van der Waals surface area contributed by atoms with Gasteiger partial charge in [0.1, 0.15) is 0 Å². The van der Waals surface area contributed by atoms with E-state index in [2.05, 4.69) is 30.3 Å². The highest BCUT2D eigenvalue weighted by molar-refractivity contribution is 6.03. The van der Waals surface area contributed by atoms with Gasteiger partial charge in [-0.15, -0.1) is 0 Å². The third kappa shape index (κ3) is 5.15. The number of aryl methyl sites for hydroxylation is 1. The van der Waals surface area contributed by atoms with E-state index >= 15 is 0 Å². The van der Waals surface area contributed by atoms with Gasteiger partial charge in [-0.3, -0.25) is 19.7 Å². The van der Waals surface area contributed by atoms with Gasteiger partial charge < -0.3 is 10.1 Å². The van der Waals surface area contributed by atoms with Gasteiger partial charge in [-0.05, 0) is 55.0 Å². The number of nitrogens with one attached hydrogen (secondary N) is 1. The SMILES string of the molecule is Cc1cccc(-n2nc(C(=O)Nc3ccc(CN4CCOCC4)cc3)cc2-c2ccc3nccnc3c2)n1. The lowest BCUT2D eigenvalue weighted by Gasteiger charge is -2.26. The van der Waals surface area contributed by atoms with Crippen LogP contribution in [0.3, 0.4) is 0 Å². The number of anilines is 1. The molecule has 3 aromatic heterocycles. The topological polar surface area (TPSA) is 98.1 Å². The van der Waals surface area contributed by atoms with E-state index in [1.54, 1.807) is 23.1 Å². The molecule has 6 rings (SSSR count). The van der Waals surface area contributed by atoms with Crippen molar-refractivity contribution in [1.29, 1.82) is 0 Å². The van der Waals surface area contributed by atoms with Gasteiger partial charge in [0.05, 0.1) is 29.9 Å². The highest BCUT2D eigenvalue weighted by Gasteiger charge is 2.19. The van der Waals surface area contributed by atoms with E-state index in [9.17, 15) is 4.79 Å². The zero-order valence-electron chi connectivity index (χ0n) is 21.0. The van der Waals surface area contributed by atoms with Crippen LogP contribution in [0.2, 0.25) is 0 Å². The number of aromatic nitrogens is 5. The monoisotopic (exact) mass is 505 g/mol. The van der Waals surface area contributed by atoms with Crippen LogP contribution in [-0.2, 0) is 11.3 Å². The molecular weight excluding hydrogens is 478 g/mol. The highest BCUT2D eigenvalue weighted by Crippen LogP contribution is 2.26. The summed E-state index contributed by atoms with van der Waals surface area (Å²) in [6.07, 6.45) is 3.33. The van der Waals surface area contributed by atoms with Crippen molar-refractivity contribution in [3.63, 3.8) is 0 Å². The molecule has 5 aromatic rings. The first-order chi connectivity index (χ1) is 18.6. The molecule has 0 spiro atoms. The van der Waals surface area contributed by atoms with E-state index in [1.165, 1.54) is 5.56 Å². The number of rotatable bonds is 6. The van der Waals surface area contributed by atoms with E-state index < -0.39 is 0 Å². The molecular formula is C29H27N7O2. The summed E-state index contributed by atoms with van der Waals surface area (Å²) in [5.41, 5.74) is 6.22. The van der Waals surface area contributed by atoms with Crippen molar-refractivity contribution in [1.82, 2.24) is 29.6 Å². The summed E-state index contributed by atoms with van der Waals surface area (Å²) >= 11 is 0. The largest absolute Gasteiger partial charge is 0.379 e. The average Bonchev–Trinajstić information content (AvgIpc) is 3.40. The van der Waals surface area contributed by atoms with E-state index in [0.717, 1.165) is 60.8 Å². The summed E-state index contributed by atoms with van der Waals surface area (Å²) in [5.74, 6) is 0.338. The Kier molecular flexibility index (Phi) is 6.60. The number of morpholine rings is 1. The Bertz CT molecular complexity index is 1590. The first kappa shape index (κ1) is 23.9. The first-order valence-electron chi connectivity index (χ1n) is 12.6. The molecule has 0 saturated carbocycles. The van der Waals surface area contributed by atoms with Crippen LogP contribution in [0.25, 0.3) is 28.1 Å². The van der Waals surface area contributed by atoms with Crippen LogP contribution in [-0.4, -0.2) is 61.8 Å². The zero-order chi connectivity index (χ0) is 25.9. The molecule has 1 aliphatic rings. The molecule has 1 aliphatic heterocycles. The Morgan fingerprint density at radius 2 is 1.74 bits per heavy atom. The molecule has 0 radical (unpaired) electrons. The van der Waals surface area contributed by atoms with Crippen molar-refractivity contribution in [2.75, 3.05) is 31.6 Å². The minimum atomic E-state index is -0.292. The fourth-order valence-electron chi connectivity index (χ4n) is 4.55. The molecule has 1 fully saturated rings. The number of nitrogens with zero attached hydrogens (tertiary/aromatic N) is 6. The summed E-state index contributed by atoms with van der Waals surface area (Å²) in [6, 6.07) is 21.3. The number of benzene rings is 2. The number of hydrogen-bond acceptors (Lipinski definition) is 7. The maximum Gasteiger partial charge on any atom is 0.276 e. The van der Waals surface area contributed by atoms with E-state index in [1.807, 2.05) is 67.6 Å². The summed E-state index contributed by atoms with van der Waals surface area (Å²) in [5, 5.41) is 7.64. The van der Waals surface area contributed by atoms with Gasteiger partial charge in [-0.25, -0.2) is 9.67 Å². The molecule has 0 aliphatic carbocycles. The summed E-state index contributed by atoms with van der Waals surface area (Å²) in [6.45, 7) is 6.20. The lowest BCUT2D eigenvalue weighted by Crippen LogP contribution is -2.35. The molecule has 190 valence electrons. The molecule has 1 N–H and O–H groups in total. The fourth-order valence-corrected chi connectivity index (χ4v) is 4.55. The second kappa shape index (κ2) is 10.5. The first-order valence-corrected chi connectivity index (χ1v) is 12.6. The molecule has 9 heteroatoms. The molecule has 0 unspecified atom stereocenters. The Morgan fingerprint density at radius 3 is 2.53 bits per heavy atom. The van der Waals surface area contributed by atoms with Crippen LogP contribution in [0.4, 0.5) is 5.69 Å². The van der Waals surface area contributed by atoms with E-state index in [-0.39, 0.29) is 5.91 Å². The van der Waals surface area contributed by atoms with Crippen LogP contribution in [0.1, 0.15) is 21.7 Å². The predicted molar refractivity (Wildman–Crippen MR) is 145 cm³/mol. The van der Waals surface area contributed by atoms with E-state index in [0.29, 0.717) is 17.2 Å². The highest BCUT2D eigenvalue weighted by atomic mass is 16.5. The Morgan fingerprint density at radius 1 is 0.947 bits per heavy atom. The number of carbonyl (C=O) groups excluding carboxylic acids is 1. The lowest BCUT2D eigenvalue weighted by atomic mass is 10.1. The second-order valence-electron chi connectivity index (χ2n) is 9.26.